The number of carbonyl (C=O) groups excluding carboxylic acids is 2. The molecule has 0 atom stereocenters. The van der Waals surface area contributed by atoms with Crippen molar-refractivity contribution >= 4 is 28.4 Å². The highest BCUT2D eigenvalue weighted by Crippen LogP contribution is 2.28. The molecule has 1 heterocycles. The Morgan fingerprint density at radius 2 is 1.61 bits per heavy atom. The van der Waals surface area contributed by atoms with Crippen LogP contribution in [0.2, 0.25) is 0 Å². The van der Waals surface area contributed by atoms with Crippen LogP contribution in [-0.4, -0.2) is 23.9 Å². The zero-order valence-corrected chi connectivity index (χ0v) is 17.4. The van der Waals surface area contributed by atoms with E-state index in [1.54, 1.807) is 19.2 Å². The molecule has 6 heteroatoms. The lowest BCUT2D eigenvalue weighted by Gasteiger charge is -2.09. The largest absolute Gasteiger partial charge is 0.497 e. The summed E-state index contributed by atoms with van der Waals surface area (Å²) in [5.74, 6) is 0.187. The minimum absolute atomic E-state index is 0.269. The molecule has 3 aromatic carbocycles. The van der Waals surface area contributed by atoms with Crippen molar-refractivity contribution in [1.82, 2.24) is 10.3 Å². The Labute approximate surface area is 180 Å². The van der Waals surface area contributed by atoms with Crippen molar-refractivity contribution in [2.24, 2.45) is 0 Å². The van der Waals surface area contributed by atoms with E-state index in [9.17, 15) is 9.59 Å². The Hall–Kier alpha value is -4.06. The molecule has 0 radical (unpaired) electrons. The first-order valence-corrected chi connectivity index (χ1v) is 9.95. The van der Waals surface area contributed by atoms with Gasteiger partial charge in [-0.25, -0.2) is 0 Å². The van der Waals surface area contributed by atoms with Crippen LogP contribution in [0.25, 0.3) is 10.9 Å². The standard InChI is InChI=1S/C25H23N3O3/c1-16-7-11-18(12-8-16)24(29)28-22-20-5-3-4-6-21(20)27-23(22)25(30)26-15-17-9-13-19(31-2)14-10-17/h3-14,27H,15H2,1-2H3,(H,26,30)(H,28,29). The molecule has 0 aliphatic heterocycles. The van der Waals surface area contributed by atoms with Crippen LogP contribution in [0, 0.1) is 6.92 Å². The molecule has 31 heavy (non-hydrogen) atoms. The molecular weight excluding hydrogens is 390 g/mol. The SMILES string of the molecule is COc1ccc(CNC(=O)c2[nH]c3ccccc3c2NC(=O)c2ccc(C)cc2)cc1. The molecule has 0 fully saturated rings. The van der Waals surface area contributed by atoms with E-state index < -0.39 is 0 Å². The number of amides is 2. The Kier molecular flexibility index (Phi) is 5.71. The van der Waals surface area contributed by atoms with Gasteiger partial charge in [-0.2, -0.15) is 0 Å². The number of nitrogens with one attached hydrogen (secondary N) is 3. The van der Waals surface area contributed by atoms with E-state index in [-0.39, 0.29) is 11.8 Å². The second-order valence-electron chi connectivity index (χ2n) is 7.27. The van der Waals surface area contributed by atoms with Gasteiger partial charge in [0.2, 0.25) is 0 Å². The zero-order valence-electron chi connectivity index (χ0n) is 17.4. The molecule has 0 saturated heterocycles. The lowest BCUT2D eigenvalue weighted by atomic mass is 10.1. The molecule has 4 rings (SSSR count). The number of aromatic nitrogens is 1. The van der Waals surface area contributed by atoms with Crippen molar-refractivity contribution in [2.75, 3.05) is 12.4 Å². The molecule has 3 N–H and O–H groups in total. The van der Waals surface area contributed by atoms with Gasteiger partial charge in [-0.1, -0.05) is 48.0 Å². The van der Waals surface area contributed by atoms with Crippen LogP contribution in [0.15, 0.2) is 72.8 Å². The molecule has 6 nitrogen and oxygen atoms in total. The van der Waals surface area contributed by atoms with Gasteiger partial charge >= 0.3 is 0 Å². The first-order chi connectivity index (χ1) is 15.0. The predicted octanol–water partition coefficient (Wildman–Crippen LogP) is 4.67. The van der Waals surface area contributed by atoms with E-state index in [1.807, 2.05) is 67.6 Å². The second-order valence-corrected chi connectivity index (χ2v) is 7.27. The number of carbonyl (C=O) groups is 2. The van der Waals surface area contributed by atoms with Gasteiger partial charge in [0.15, 0.2) is 0 Å². The maximum atomic E-state index is 13.0. The monoisotopic (exact) mass is 413 g/mol. The first-order valence-electron chi connectivity index (χ1n) is 9.95. The molecule has 0 saturated carbocycles. The number of rotatable bonds is 6. The van der Waals surface area contributed by atoms with E-state index in [0.717, 1.165) is 27.8 Å². The Morgan fingerprint density at radius 3 is 2.32 bits per heavy atom. The van der Waals surface area contributed by atoms with Crippen molar-refractivity contribution in [1.29, 1.82) is 0 Å². The van der Waals surface area contributed by atoms with Crippen LogP contribution in [0.4, 0.5) is 5.69 Å². The molecule has 0 aliphatic rings. The van der Waals surface area contributed by atoms with Gasteiger partial charge < -0.3 is 20.4 Å². The van der Waals surface area contributed by atoms with Crippen LogP contribution in [0.1, 0.15) is 32.0 Å². The highest BCUT2D eigenvalue weighted by atomic mass is 16.5. The lowest BCUT2D eigenvalue weighted by molar-refractivity contribution is 0.0947. The normalized spacial score (nSPS) is 10.6. The summed E-state index contributed by atoms with van der Waals surface area (Å²) < 4.78 is 5.16. The van der Waals surface area contributed by atoms with Gasteiger partial charge in [0.1, 0.15) is 11.4 Å². The summed E-state index contributed by atoms with van der Waals surface area (Å²) in [6, 6.07) is 22.3. The van der Waals surface area contributed by atoms with E-state index in [1.165, 1.54) is 0 Å². The summed E-state index contributed by atoms with van der Waals surface area (Å²) in [5, 5.41) is 6.60. The van der Waals surface area contributed by atoms with Crippen LogP contribution >= 0.6 is 0 Å². The third-order valence-corrected chi connectivity index (χ3v) is 5.10. The fraction of sp³-hybridized carbons (Fsp3) is 0.120. The maximum absolute atomic E-state index is 13.0. The smallest absolute Gasteiger partial charge is 0.270 e. The molecule has 0 aliphatic carbocycles. The first kappa shape index (κ1) is 20.2. The van der Waals surface area contributed by atoms with Gasteiger partial charge in [0.05, 0.1) is 12.8 Å². The quantitative estimate of drug-likeness (QED) is 0.430. The van der Waals surface area contributed by atoms with Crippen LogP contribution in [-0.2, 0) is 6.54 Å². The molecule has 2 amide bonds. The van der Waals surface area contributed by atoms with Crippen molar-refractivity contribution < 1.29 is 14.3 Å². The predicted molar refractivity (Wildman–Crippen MR) is 122 cm³/mol. The molecule has 0 unspecified atom stereocenters. The topological polar surface area (TPSA) is 83.2 Å². The zero-order chi connectivity index (χ0) is 21.8. The highest BCUT2D eigenvalue weighted by Gasteiger charge is 2.20. The summed E-state index contributed by atoms with van der Waals surface area (Å²) in [6.45, 7) is 2.32. The molecule has 0 bridgehead atoms. The molecule has 156 valence electrons. The summed E-state index contributed by atoms with van der Waals surface area (Å²) in [7, 11) is 1.61. The maximum Gasteiger partial charge on any atom is 0.270 e. The number of anilines is 1. The highest BCUT2D eigenvalue weighted by molar-refractivity contribution is 6.15. The van der Waals surface area contributed by atoms with Crippen LogP contribution < -0.4 is 15.4 Å². The Balaban J connectivity index is 1.58. The van der Waals surface area contributed by atoms with Crippen molar-refractivity contribution in [2.45, 2.75) is 13.5 Å². The van der Waals surface area contributed by atoms with Gasteiger partial charge in [-0.15, -0.1) is 0 Å². The molecule has 4 aromatic rings. The van der Waals surface area contributed by atoms with Crippen LogP contribution in [0.5, 0.6) is 5.75 Å². The third kappa shape index (κ3) is 4.43. The molecule has 1 aromatic heterocycles. The average Bonchev–Trinajstić information content (AvgIpc) is 3.16. The number of benzene rings is 3. The van der Waals surface area contributed by atoms with E-state index in [2.05, 4.69) is 15.6 Å². The fourth-order valence-electron chi connectivity index (χ4n) is 3.35. The number of ether oxygens (including phenoxy) is 1. The minimum atomic E-state index is -0.300. The van der Waals surface area contributed by atoms with Gasteiger partial charge in [-0.05, 0) is 42.8 Å². The van der Waals surface area contributed by atoms with Gasteiger partial charge in [0.25, 0.3) is 11.8 Å². The number of aryl methyl sites for hydroxylation is 1. The Bertz CT molecular complexity index is 1230. The summed E-state index contributed by atoms with van der Waals surface area (Å²) in [4.78, 5) is 28.9. The number of para-hydroxylation sites is 1. The van der Waals surface area contributed by atoms with E-state index >= 15 is 0 Å². The van der Waals surface area contributed by atoms with Gasteiger partial charge in [0, 0.05) is 23.0 Å². The fourth-order valence-corrected chi connectivity index (χ4v) is 3.35. The number of hydrogen-bond donors (Lipinski definition) is 3. The van der Waals surface area contributed by atoms with Crippen molar-refractivity contribution in [3.8, 4) is 5.75 Å². The van der Waals surface area contributed by atoms with Crippen molar-refractivity contribution in [3.63, 3.8) is 0 Å². The number of fused-ring (bicyclic) bond motifs is 1. The van der Waals surface area contributed by atoms with E-state index in [0.29, 0.717) is 23.5 Å². The molecular formula is C25H23N3O3. The average molecular weight is 413 g/mol. The van der Waals surface area contributed by atoms with Crippen LogP contribution in [0.3, 0.4) is 0 Å². The third-order valence-electron chi connectivity index (χ3n) is 5.10. The summed E-state index contributed by atoms with van der Waals surface area (Å²) in [6.07, 6.45) is 0. The summed E-state index contributed by atoms with van der Waals surface area (Å²) in [5.41, 5.74) is 4.10. The summed E-state index contributed by atoms with van der Waals surface area (Å²) >= 11 is 0. The van der Waals surface area contributed by atoms with E-state index in [4.69, 9.17) is 4.74 Å². The lowest BCUT2D eigenvalue weighted by Crippen LogP contribution is -2.25. The second kappa shape index (κ2) is 8.75. The number of H-pyrrole nitrogens is 1. The minimum Gasteiger partial charge on any atom is -0.497 e. The number of hydrogen-bond acceptors (Lipinski definition) is 3. The number of methoxy groups -OCH3 is 1. The van der Waals surface area contributed by atoms with Crippen molar-refractivity contribution in [3.05, 3.63) is 95.2 Å². The van der Waals surface area contributed by atoms with Gasteiger partial charge in [-0.3, -0.25) is 9.59 Å². The molecule has 0 spiro atoms. The Morgan fingerprint density at radius 1 is 0.903 bits per heavy atom. The number of aromatic amines is 1.